The van der Waals surface area contributed by atoms with Crippen LogP contribution in [0.5, 0.6) is 11.5 Å². The molecule has 0 saturated carbocycles. The first-order valence-electron chi connectivity index (χ1n) is 7.10. The minimum Gasteiger partial charge on any atom is -0.486 e. The fourth-order valence-electron chi connectivity index (χ4n) is 2.43. The molecule has 4 heteroatoms. The largest absolute Gasteiger partial charge is 0.486 e. The topological polar surface area (TPSA) is 30.5 Å². The Kier molecular flexibility index (Phi) is 4.46. The average Bonchev–Trinajstić information content (AvgIpc) is 2.52. The molecule has 110 valence electrons. The average molecular weight is 348 g/mol. The van der Waals surface area contributed by atoms with Gasteiger partial charge in [0.1, 0.15) is 13.2 Å². The van der Waals surface area contributed by atoms with E-state index in [4.69, 9.17) is 9.47 Å². The SMILES string of the molecule is CC(NCc1cccc2c1OCCO2)c1cccc(Br)c1. The van der Waals surface area contributed by atoms with Crippen molar-refractivity contribution in [3.05, 3.63) is 58.1 Å². The Morgan fingerprint density at radius 3 is 2.81 bits per heavy atom. The van der Waals surface area contributed by atoms with Gasteiger partial charge in [0.2, 0.25) is 0 Å². The van der Waals surface area contributed by atoms with Crippen LogP contribution in [0.15, 0.2) is 46.9 Å². The fourth-order valence-corrected chi connectivity index (χ4v) is 2.85. The number of ether oxygens (including phenoxy) is 2. The van der Waals surface area contributed by atoms with E-state index in [0.717, 1.165) is 28.1 Å². The molecule has 0 spiro atoms. The Morgan fingerprint density at radius 2 is 1.95 bits per heavy atom. The van der Waals surface area contributed by atoms with Gasteiger partial charge in [-0.3, -0.25) is 0 Å². The van der Waals surface area contributed by atoms with E-state index in [-0.39, 0.29) is 6.04 Å². The molecule has 21 heavy (non-hydrogen) atoms. The van der Waals surface area contributed by atoms with Crippen LogP contribution in [0, 0.1) is 0 Å². The summed E-state index contributed by atoms with van der Waals surface area (Å²) in [6, 6.07) is 14.7. The predicted molar refractivity (Wildman–Crippen MR) is 86.8 cm³/mol. The van der Waals surface area contributed by atoms with Gasteiger partial charge in [0, 0.05) is 22.6 Å². The van der Waals surface area contributed by atoms with Crippen LogP contribution >= 0.6 is 15.9 Å². The van der Waals surface area contributed by atoms with E-state index in [9.17, 15) is 0 Å². The molecular formula is C17H18BrNO2. The first-order chi connectivity index (χ1) is 10.2. The van der Waals surface area contributed by atoms with Crippen molar-refractivity contribution in [2.45, 2.75) is 19.5 Å². The lowest BCUT2D eigenvalue weighted by Gasteiger charge is -2.22. The second-order valence-electron chi connectivity index (χ2n) is 5.10. The molecule has 0 fully saturated rings. The van der Waals surface area contributed by atoms with Crippen LogP contribution in [0.4, 0.5) is 0 Å². The summed E-state index contributed by atoms with van der Waals surface area (Å²) in [7, 11) is 0. The van der Waals surface area contributed by atoms with Crippen molar-refractivity contribution < 1.29 is 9.47 Å². The molecule has 0 bridgehead atoms. The molecular weight excluding hydrogens is 330 g/mol. The summed E-state index contributed by atoms with van der Waals surface area (Å²) < 4.78 is 12.5. The molecule has 0 amide bonds. The van der Waals surface area contributed by atoms with E-state index in [0.29, 0.717) is 13.2 Å². The summed E-state index contributed by atoms with van der Waals surface area (Å²) in [5, 5.41) is 3.54. The second kappa shape index (κ2) is 6.50. The number of fused-ring (bicyclic) bond motifs is 1. The summed E-state index contributed by atoms with van der Waals surface area (Å²) in [4.78, 5) is 0. The third-order valence-corrected chi connectivity index (χ3v) is 4.09. The van der Waals surface area contributed by atoms with Gasteiger partial charge >= 0.3 is 0 Å². The van der Waals surface area contributed by atoms with Crippen LogP contribution in [0.3, 0.4) is 0 Å². The lowest BCUT2D eigenvalue weighted by Crippen LogP contribution is -2.21. The maximum atomic E-state index is 5.74. The van der Waals surface area contributed by atoms with Crippen molar-refractivity contribution >= 4 is 15.9 Å². The Balaban J connectivity index is 1.70. The molecule has 3 nitrogen and oxygen atoms in total. The Hall–Kier alpha value is -1.52. The molecule has 1 aliphatic rings. The molecule has 1 heterocycles. The van der Waals surface area contributed by atoms with E-state index in [2.05, 4.69) is 52.4 Å². The molecule has 0 aromatic heterocycles. The highest BCUT2D eigenvalue weighted by molar-refractivity contribution is 9.10. The summed E-state index contributed by atoms with van der Waals surface area (Å²) in [6.07, 6.45) is 0. The normalized spacial score (nSPS) is 14.8. The number of hydrogen-bond acceptors (Lipinski definition) is 3. The monoisotopic (exact) mass is 347 g/mol. The molecule has 0 radical (unpaired) electrons. The molecule has 1 N–H and O–H groups in total. The van der Waals surface area contributed by atoms with Gasteiger partial charge in [-0.2, -0.15) is 0 Å². The lowest BCUT2D eigenvalue weighted by atomic mass is 10.1. The summed E-state index contributed by atoms with van der Waals surface area (Å²) in [5.74, 6) is 1.72. The van der Waals surface area contributed by atoms with Crippen LogP contribution in [-0.2, 0) is 6.54 Å². The van der Waals surface area contributed by atoms with Crippen molar-refractivity contribution in [2.24, 2.45) is 0 Å². The molecule has 1 unspecified atom stereocenters. The molecule has 3 rings (SSSR count). The highest BCUT2D eigenvalue weighted by atomic mass is 79.9. The van der Waals surface area contributed by atoms with Gasteiger partial charge in [-0.1, -0.05) is 40.2 Å². The second-order valence-corrected chi connectivity index (χ2v) is 6.01. The van der Waals surface area contributed by atoms with Gasteiger partial charge in [-0.05, 0) is 30.7 Å². The summed E-state index contributed by atoms with van der Waals surface area (Å²) in [5.41, 5.74) is 2.39. The number of nitrogens with one attached hydrogen (secondary N) is 1. The van der Waals surface area contributed by atoms with Gasteiger partial charge in [-0.25, -0.2) is 0 Å². The van der Waals surface area contributed by atoms with E-state index >= 15 is 0 Å². The smallest absolute Gasteiger partial charge is 0.165 e. The van der Waals surface area contributed by atoms with E-state index in [1.54, 1.807) is 0 Å². The molecule has 0 aliphatic carbocycles. The predicted octanol–water partition coefficient (Wildman–Crippen LogP) is 4.07. The standard InChI is InChI=1S/C17H18BrNO2/c1-12(13-4-2-6-15(18)10-13)19-11-14-5-3-7-16-17(14)21-9-8-20-16/h2-7,10,12,19H,8-9,11H2,1H3. The van der Waals surface area contributed by atoms with Crippen LogP contribution in [0.1, 0.15) is 24.1 Å². The highest BCUT2D eigenvalue weighted by Gasteiger charge is 2.16. The number of para-hydroxylation sites is 1. The van der Waals surface area contributed by atoms with E-state index in [1.807, 2.05) is 18.2 Å². The van der Waals surface area contributed by atoms with Crippen molar-refractivity contribution in [3.8, 4) is 11.5 Å². The number of hydrogen-bond donors (Lipinski definition) is 1. The highest BCUT2D eigenvalue weighted by Crippen LogP contribution is 2.33. The van der Waals surface area contributed by atoms with Gasteiger partial charge in [0.15, 0.2) is 11.5 Å². The molecule has 1 atom stereocenters. The summed E-state index contributed by atoms with van der Waals surface area (Å²) in [6.45, 7) is 4.15. The van der Waals surface area contributed by atoms with Gasteiger partial charge in [0.05, 0.1) is 0 Å². The summed E-state index contributed by atoms with van der Waals surface area (Å²) >= 11 is 3.51. The van der Waals surface area contributed by atoms with Crippen LogP contribution in [0.25, 0.3) is 0 Å². The maximum absolute atomic E-state index is 5.74. The molecule has 2 aromatic carbocycles. The van der Waals surface area contributed by atoms with Crippen molar-refractivity contribution in [1.29, 1.82) is 0 Å². The quantitative estimate of drug-likeness (QED) is 0.904. The molecule has 1 aliphatic heterocycles. The zero-order valence-corrected chi connectivity index (χ0v) is 13.5. The third kappa shape index (κ3) is 3.39. The van der Waals surface area contributed by atoms with E-state index in [1.165, 1.54) is 5.56 Å². The lowest BCUT2D eigenvalue weighted by molar-refractivity contribution is 0.169. The van der Waals surface area contributed by atoms with Crippen LogP contribution in [-0.4, -0.2) is 13.2 Å². The Morgan fingerprint density at radius 1 is 1.14 bits per heavy atom. The zero-order chi connectivity index (χ0) is 14.7. The van der Waals surface area contributed by atoms with Gasteiger partial charge in [0.25, 0.3) is 0 Å². The number of benzene rings is 2. The third-order valence-electron chi connectivity index (χ3n) is 3.60. The minimum atomic E-state index is 0.267. The number of halogens is 1. The minimum absolute atomic E-state index is 0.267. The Bertz CT molecular complexity index is 630. The van der Waals surface area contributed by atoms with Crippen molar-refractivity contribution in [3.63, 3.8) is 0 Å². The van der Waals surface area contributed by atoms with Crippen LogP contribution < -0.4 is 14.8 Å². The maximum Gasteiger partial charge on any atom is 0.165 e. The zero-order valence-electron chi connectivity index (χ0n) is 11.9. The van der Waals surface area contributed by atoms with Crippen molar-refractivity contribution in [1.82, 2.24) is 5.32 Å². The van der Waals surface area contributed by atoms with E-state index < -0.39 is 0 Å². The van der Waals surface area contributed by atoms with Gasteiger partial charge in [-0.15, -0.1) is 0 Å². The first kappa shape index (κ1) is 14.4. The fraction of sp³-hybridized carbons (Fsp3) is 0.294. The van der Waals surface area contributed by atoms with Gasteiger partial charge < -0.3 is 14.8 Å². The first-order valence-corrected chi connectivity index (χ1v) is 7.89. The molecule has 2 aromatic rings. The van der Waals surface area contributed by atoms with Crippen LogP contribution in [0.2, 0.25) is 0 Å². The van der Waals surface area contributed by atoms with Crippen molar-refractivity contribution in [2.75, 3.05) is 13.2 Å². The molecule has 0 saturated heterocycles. The Labute approximate surface area is 133 Å². The number of rotatable bonds is 4.